The average Bonchev–Trinajstić information content (AvgIpc) is 2.48. The van der Waals surface area contributed by atoms with Crippen molar-refractivity contribution in [2.75, 3.05) is 7.11 Å². The maximum absolute atomic E-state index is 11.0. The minimum absolute atomic E-state index is 0.0690. The highest BCUT2D eigenvalue weighted by molar-refractivity contribution is 5.53. The highest BCUT2D eigenvalue weighted by atomic mass is 16.6. The van der Waals surface area contributed by atoms with Crippen LogP contribution in [0.25, 0.3) is 0 Å². The van der Waals surface area contributed by atoms with Crippen LogP contribution in [-0.4, -0.2) is 17.1 Å². The molecular weight excluding hydrogens is 274 g/mol. The molecule has 0 aromatic heterocycles. The fourth-order valence-corrected chi connectivity index (χ4v) is 1.90. The highest BCUT2D eigenvalue weighted by Gasteiger charge is 2.17. The average molecular weight is 289 g/mol. The Hall–Kier alpha value is -2.60. The quantitative estimate of drug-likeness (QED) is 0.675. The van der Waals surface area contributed by atoms with E-state index in [1.54, 1.807) is 25.1 Å². The molecule has 21 heavy (non-hydrogen) atoms. The van der Waals surface area contributed by atoms with E-state index in [9.17, 15) is 10.1 Å². The van der Waals surface area contributed by atoms with E-state index in [0.29, 0.717) is 11.5 Å². The molecular formula is C15H15NO5. The number of benzene rings is 2. The van der Waals surface area contributed by atoms with Crippen LogP contribution >= 0.6 is 0 Å². The van der Waals surface area contributed by atoms with Gasteiger partial charge >= 0.3 is 5.69 Å². The summed E-state index contributed by atoms with van der Waals surface area (Å²) in [7, 11) is 1.48. The molecule has 0 unspecified atom stereocenters. The van der Waals surface area contributed by atoms with Gasteiger partial charge in [0.05, 0.1) is 18.6 Å². The summed E-state index contributed by atoms with van der Waals surface area (Å²) in [6, 6.07) is 9.45. The normalized spacial score (nSPS) is 10.2. The van der Waals surface area contributed by atoms with E-state index in [4.69, 9.17) is 14.6 Å². The summed E-state index contributed by atoms with van der Waals surface area (Å²) in [4.78, 5) is 10.5. The van der Waals surface area contributed by atoms with Gasteiger partial charge in [-0.1, -0.05) is 12.1 Å². The van der Waals surface area contributed by atoms with Crippen molar-refractivity contribution in [3.05, 3.63) is 57.6 Å². The molecule has 2 aromatic rings. The number of rotatable bonds is 5. The van der Waals surface area contributed by atoms with Gasteiger partial charge in [-0.05, 0) is 30.2 Å². The molecule has 0 saturated carbocycles. The van der Waals surface area contributed by atoms with Crippen molar-refractivity contribution in [3.63, 3.8) is 0 Å². The molecule has 2 aromatic carbocycles. The first-order chi connectivity index (χ1) is 10.0. The number of hydrogen-bond acceptors (Lipinski definition) is 5. The molecule has 6 nitrogen and oxygen atoms in total. The van der Waals surface area contributed by atoms with Crippen molar-refractivity contribution in [2.24, 2.45) is 0 Å². The molecule has 0 bridgehead atoms. The van der Waals surface area contributed by atoms with Crippen LogP contribution in [-0.2, 0) is 6.61 Å². The van der Waals surface area contributed by atoms with Crippen molar-refractivity contribution in [1.82, 2.24) is 0 Å². The number of nitro benzene ring substituents is 1. The molecule has 0 radical (unpaired) electrons. The number of hydrogen-bond donors (Lipinski definition) is 1. The van der Waals surface area contributed by atoms with Gasteiger partial charge in [-0.3, -0.25) is 10.1 Å². The zero-order chi connectivity index (χ0) is 15.4. The molecule has 0 spiro atoms. The molecule has 0 aliphatic heterocycles. The molecule has 0 amide bonds. The van der Waals surface area contributed by atoms with Crippen LogP contribution in [0.5, 0.6) is 17.2 Å². The van der Waals surface area contributed by atoms with E-state index in [2.05, 4.69) is 0 Å². The lowest BCUT2D eigenvalue weighted by Crippen LogP contribution is -1.96. The highest BCUT2D eigenvalue weighted by Crippen LogP contribution is 2.35. The topological polar surface area (TPSA) is 81.8 Å². The van der Waals surface area contributed by atoms with E-state index < -0.39 is 4.92 Å². The predicted molar refractivity (Wildman–Crippen MR) is 76.8 cm³/mol. The number of aliphatic hydroxyl groups excluding tert-OH is 1. The summed E-state index contributed by atoms with van der Waals surface area (Å²) in [5.74, 6) is 1.07. The lowest BCUT2D eigenvalue weighted by atomic mass is 10.1. The van der Waals surface area contributed by atoms with E-state index in [-0.39, 0.29) is 18.0 Å². The Morgan fingerprint density at radius 1 is 1.19 bits per heavy atom. The van der Waals surface area contributed by atoms with E-state index in [0.717, 1.165) is 11.1 Å². The number of aliphatic hydroxyl groups is 1. The Kier molecular flexibility index (Phi) is 4.39. The first-order valence-corrected chi connectivity index (χ1v) is 6.26. The van der Waals surface area contributed by atoms with Crippen molar-refractivity contribution in [3.8, 4) is 17.2 Å². The summed E-state index contributed by atoms with van der Waals surface area (Å²) in [6.45, 7) is 1.74. The van der Waals surface area contributed by atoms with Gasteiger partial charge in [0.1, 0.15) is 11.5 Å². The van der Waals surface area contributed by atoms with Crippen LogP contribution in [0.2, 0.25) is 0 Å². The minimum atomic E-state index is -0.508. The van der Waals surface area contributed by atoms with Crippen molar-refractivity contribution < 1.29 is 19.5 Å². The van der Waals surface area contributed by atoms with Crippen molar-refractivity contribution in [2.45, 2.75) is 13.5 Å². The number of nitrogens with zero attached hydrogens (tertiary/aromatic N) is 1. The molecule has 1 N–H and O–H groups in total. The molecule has 0 saturated heterocycles. The summed E-state index contributed by atoms with van der Waals surface area (Å²) < 4.78 is 10.7. The van der Waals surface area contributed by atoms with Gasteiger partial charge in [-0.25, -0.2) is 0 Å². The number of ether oxygens (including phenoxy) is 2. The maximum atomic E-state index is 11.0. The van der Waals surface area contributed by atoms with Gasteiger partial charge in [0, 0.05) is 12.1 Å². The van der Waals surface area contributed by atoms with Crippen LogP contribution < -0.4 is 9.47 Å². The first-order valence-electron chi connectivity index (χ1n) is 6.26. The smallest absolute Gasteiger partial charge is 0.311 e. The maximum Gasteiger partial charge on any atom is 0.311 e. The molecule has 0 fully saturated rings. The predicted octanol–water partition coefficient (Wildman–Crippen LogP) is 3.20. The van der Waals surface area contributed by atoms with Crippen LogP contribution in [0, 0.1) is 17.0 Å². The molecule has 0 atom stereocenters. The minimum Gasteiger partial charge on any atom is -0.497 e. The molecule has 0 heterocycles. The second-order valence-corrected chi connectivity index (χ2v) is 4.45. The monoisotopic (exact) mass is 289 g/mol. The van der Waals surface area contributed by atoms with Crippen LogP contribution in [0.15, 0.2) is 36.4 Å². The summed E-state index contributed by atoms with van der Waals surface area (Å²) >= 11 is 0. The molecule has 2 rings (SSSR count). The summed E-state index contributed by atoms with van der Waals surface area (Å²) in [5, 5.41) is 20.1. The van der Waals surface area contributed by atoms with Crippen LogP contribution in [0.4, 0.5) is 5.69 Å². The summed E-state index contributed by atoms with van der Waals surface area (Å²) in [6.07, 6.45) is 0. The number of aryl methyl sites for hydroxylation is 1. The van der Waals surface area contributed by atoms with Crippen molar-refractivity contribution >= 4 is 5.69 Å². The van der Waals surface area contributed by atoms with E-state index >= 15 is 0 Å². The molecule has 0 aliphatic carbocycles. The second-order valence-electron chi connectivity index (χ2n) is 4.45. The van der Waals surface area contributed by atoms with Gasteiger partial charge in [0.25, 0.3) is 0 Å². The third-order valence-corrected chi connectivity index (χ3v) is 3.01. The van der Waals surface area contributed by atoms with Gasteiger partial charge in [0.2, 0.25) is 5.75 Å². The van der Waals surface area contributed by atoms with Gasteiger partial charge in [-0.2, -0.15) is 0 Å². The zero-order valence-electron chi connectivity index (χ0n) is 11.7. The fourth-order valence-electron chi connectivity index (χ4n) is 1.90. The first kappa shape index (κ1) is 14.8. The zero-order valence-corrected chi connectivity index (χ0v) is 11.7. The largest absolute Gasteiger partial charge is 0.497 e. The number of methoxy groups -OCH3 is 1. The number of nitro groups is 1. The Balaban J connectivity index is 2.40. The third-order valence-electron chi connectivity index (χ3n) is 3.01. The Morgan fingerprint density at radius 3 is 2.52 bits per heavy atom. The van der Waals surface area contributed by atoms with Crippen LogP contribution in [0.1, 0.15) is 11.1 Å². The lowest BCUT2D eigenvalue weighted by molar-refractivity contribution is -0.385. The van der Waals surface area contributed by atoms with E-state index in [1.807, 2.05) is 0 Å². The second kappa shape index (κ2) is 6.23. The third kappa shape index (κ3) is 3.29. The SMILES string of the molecule is COc1ccc([N+](=O)[O-])c(Oc2ccc(CO)cc2C)c1. The van der Waals surface area contributed by atoms with E-state index in [1.165, 1.54) is 25.3 Å². The van der Waals surface area contributed by atoms with Gasteiger partial charge < -0.3 is 14.6 Å². The lowest BCUT2D eigenvalue weighted by Gasteiger charge is -2.11. The Morgan fingerprint density at radius 2 is 1.95 bits per heavy atom. The van der Waals surface area contributed by atoms with Gasteiger partial charge in [0.15, 0.2) is 0 Å². The van der Waals surface area contributed by atoms with Crippen LogP contribution in [0.3, 0.4) is 0 Å². The Labute approximate surface area is 121 Å². The Bertz CT molecular complexity index is 669. The fraction of sp³-hybridized carbons (Fsp3) is 0.200. The van der Waals surface area contributed by atoms with Crippen molar-refractivity contribution in [1.29, 1.82) is 0 Å². The molecule has 6 heteroatoms. The summed E-state index contributed by atoms with van der Waals surface area (Å²) in [5.41, 5.74) is 1.39. The van der Waals surface area contributed by atoms with Gasteiger partial charge in [-0.15, -0.1) is 0 Å². The molecule has 0 aliphatic rings. The standard InChI is InChI=1S/C15H15NO5/c1-10-7-11(9-17)3-6-14(10)21-15-8-12(20-2)4-5-13(15)16(18)19/h3-8,17H,9H2,1-2H3. The molecule has 110 valence electrons.